The Bertz CT molecular complexity index is 1630. The maximum absolute atomic E-state index is 14.0. The number of pyridine rings is 1. The molecule has 4 aromatic rings. The van der Waals surface area contributed by atoms with E-state index in [0.29, 0.717) is 46.6 Å². The van der Waals surface area contributed by atoms with Gasteiger partial charge in [0.15, 0.2) is 5.82 Å². The molecule has 206 valence electrons. The summed E-state index contributed by atoms with van der Waals surface area (Å²) in [5.74, 6) is 1.14. The van der Waals surface area contributed by atoms with Gasteiger partial charge in [-0.3, -0.25) is 14.3 Å². The Labute approximate surface area is 241 Å². The number of nitrogens with zero attached hydrogens (tertiary/aromatic N) is 8. The van der Waals surface area contributed by atoms with Crippen molar-refractivity contribution in [2.24, 2.45) is 0 Å². The van der Waals surface area contributed by atoms with Crippen LogP contribution in [0.15, 0.2) is 42.9 Å². The first-order valence-electron chi connectivity index (χ1n) is 13.1. The molecular formula is C28H28Cl2N8O2. The van der Waals surface area contributed by atoms with Gasteiger partial charge < -0.3 is 9.80 Å². The van der Waals surface area contributed by atoms with Crippen LogP contribution in [0.2, 0.25) is 10.0 Å². The minimum atomic E-state index is -0.218. The maximum Gasteiger partial charge on any atom is 0.273 e. The summed E-state index contributed by atoms with van der Waals surface area (Å²) in [6, 6.07) is 8.39. The van der Waals surface area contributed by atoms with Gasteiger partial charge in [0.25, 0.3) is 11.8 Å². The van der Waals surface area contributed by atoms with Crippen LogP contribution in [0, 0.1) is 6.92 Å². The van der Waals surface area contributed by atoms with Crippen molar-refractivity contribution in [2.45, 2.75) is 58.8 Å². The summed E-state index contributed by atoms with van der Waals surface area (Å²) in [6.07, 6.45) is 3.83. The number of fused-ring (bicyclic) bond motifs is 3. The molecule has 1 aromatic carbocycles. The monoisotopic (exact) mass is 578 g/mol. The Morgan fingerprint density at radius 2 is 1.88 bits per heavy atom. The number of aromatic nitrogens is 6. The highest BCUT2D eigenvalue weighted by atomic mass is 35.5. The number of rotatable bonds is 4. The number of benzene rings is 1. The van der Waals surface area contributed by atoms with E-state index in [2.05, 4.69) is 22.0 Å². The van der Waals surface area contributed by atoms with Crippen molar-refractivity contribution < 1.29 is 9.59 Å². The topological polar surface area (TPSA) is 102 Å². The molecule has 0 saturated heterocycles. The highest BCUT2D eigenvalue weighted by Crippen LogP contribution is 2.35. The SMILES string of the molecule is Cc1ncnn1-c1ccc([C@H](C)N2C[C@@H](C)n3nc4c(c3C2=O)CN(C(=O)c2ccc(Cl)c(Cl)c2)[C@H](C)C4)cn1. The van der Waals surface area contributed by atoms with E-state index < -0.39 is 0 Å². The quantitative estimate of drug-likeness (QED) is 0.343. The van der Waals surface area contributed by atoms with Crippen molar-refractivity contribution in [1.82, 2.24) is 39.3 Å². The lowest BCUT2D eigenvalue weighted by Crippen LogP contribution is -2.45. The first-order valence-corrected chi connectivity index (χ1v) is 13.9. The predicted molar refractivity (Wildman–Crippen MR) is 150 cm³/mol. The summed E-state index contributed by atoms with van der Waals surface area (Å²) in [4.78, 5) is 39.9. The van der Waals surface area contributed by atoms with Gasteiger partial charge in [-0.1, -0.05) is 29.3 Å². The van der Waals surface area contributed by atoms with Crippen LogP contribution < -0.4 is 0 Å². The zero-order valence-electron chi connectivity index (χ0n) is 22.5. The molecule has 0 radical (unpaired) electrons. The van der Waals surface area contributed by atoms with Crippen LogP contribution in [0.3, 0.4) is 0 Å². The summed E-state index contributed by atoms with van der Waals surface area (Å²) in [5, 5.41) is 9.78. The molecular weight excluding hydrogens is 551 g/mol. The lowest BCUT2D eigenvalue weighted by Gasteiger charge is -2.37. The normalized spacial score (nSPS) is 19.4. The van der Waals surface area contributed by atoms with E-state index in [0.717, 1.165) is 22.6 Å². The third-order valence-corrected chi connectivity index (χ3v) is 8.61. The maximum atomic E-state index is 14.0. The summed E-state index contributed by atoms with van der Waals surface area (Å²) in [5.41, 5.74) is 3.58. The molecule has 6 rings (SSSR count). The number of hydrogen-bond acceptors (Lipinski definition) is 6. The molecule has 10 nitrogen and oxygen atoms in total. The molecule has 0 saturated carbocycles. The molecule has 2 amide bonds. The molecule has 0 unspecified atom stereocenters. The second-order valence-electron chi connectivity index (χ2n) is 10.5. The number of carbonyl (C=O) groups is 2. The first-order chi connectivity index (χ1) is 19.1. The summed E-state index contributed by atoms with van der Waals surface area (Å²) >= 11 is 12.2. The van der Waals surface area contributed by atoms with Crippen LogP contribution in [0.4, 0.5) is 0 Å². The standard InChI is InChI=1S/C28H28Cl2N8O2/c1-15-9-24-21(13-35(15)27(39)19-5-7-22(29)23(30)10-19)26-28(40)36(12-16(2)37(26)34-24)17(3)20-6-8-25(31-11-20)38-18(4)32-14-33-38/h5-8,10-11,14-17H,9,12-13H2,1-4H3/t15-,16-,17+/m1/s1. The molecule has 3 aromatic heterocycles. The highest BCUT2D eigenvalue weighted by Gasteiger charge is 2.40. The van der Waals surface area contributed by atoms with Gasteiger partial charge in [-0.25, -0.2) is 9.97 Å². The van der Waals surface area contributed by atoms with Crippen molar-refractivity contribution in [1.29, 1.82) is 0 Å². The first kappa shape index (κ1) is 26.5. The van der Waals surface area contributed by atoms with Gasteiger partial charge in [-0.05, 0) is 57.5 Å². The van der Waals surface area contributed by atoms with Crippen LogP contribution in [0.1, 0.15) is 76.3 Å². The largest absolute Gasteiger partial charge is 0.331 e. The Hall–Kier alpha value is -3.76. The van der Waals surface area contributed by atoms with E-state index in [1.165, 1.54) is 6.33 Å². The summed E-state index contributed by atoms with van der Waals surface area (Å²) < 4.78 is 3.50. The minimum absolute atomic E-state index is 0.0275. The fourth-order valence-corrected chi connectivity index (χ4v) is 5.86. The van der Waals surface area contributed by atoms with Crippen molar-refractivity contribution in [3.05, 3.63) is 86.8 Å². The van der Waals surface area contributed by atoms with Gasteiger partial charge in [-0.15, -0.1) is 0 Å². The average molecular weight is 579 g/mol. The third kappa shape index (κ3) is 4.35. The highest BCUT2D eigenvalue weighted by molar-refractivity contribution is 6.42. The van der Waals surface area contributed by atoms with Gasteiger partial charge in [0.2, 0.25) is 0 Å². The van der Waals surface area contributed by atoms with Gasteiger partial charge in [-0.2, -0.15) is 14.9 Å². The Morgan fingerprint density at radius 1 is 1.07 bits per heavy atom. The van der Waals surface area contributed by atoms with Crippen LogP contribution in [-0.2, 0) is 13.0 Å². The molecule has 0 fully saturated rings. The molecule has 40 heavy (non-hydrogen) atoms. The molecule has 5 heterocycles. The predicted octanol–water partition coefficient (Wildman–Crippen LogP) is 4.84. The summed E-state index contributed by atoms with van der Waals surface area (Å²) in [6.45, 7) is 8.72. The second-order valence-corrected chi connectivity index (χ2v) is 11.3. The third-order valence-electron chi connectivity index (χ3n) is 7.87. The Kier molecular flexibility index (Phi) is 6.62. The number of halogens is 2. The van der Waals surface area contributed by atoms with Crippen molar-refractivity contribution in [3.8, 4) is 5.82 Å². The van der Waals surface area contributed by atoms with Crippen molar-refractivity contribution >= 4 is 35.0 Å². The van der Waals surface area contributed by atoms with Crippen LogP contribution in [0.25, 0.3) is 5.82 Å². The second kappa shape index (κ2) is 10.0. The van der Waals surface area contributed by atoms with Crippen molar-refractivity contribution in [3.63, 3.8) is 0 Å². The van der Waals surface area contributed by atoms with E-state index in [1.807, 2.05) is 42.5 Å². The molecule has 0 spiro atoms. The van der Waals surface area contributed by atoms with Gasteiger partial charge in [0.1, 0.15) is 17.8 Å². The lowest BCUT2D eigenvalue weighted by molar-refractivity contribution is 0.0574. The fourth-order valence-electron chi connectivity index (χ4n) is 5.56. The van der Waals surface area contributed by atoms with E-state index in [1.54, 1.807) is 34.0 Å². The molecule has 12 heteroatoms. The van der Waals surface area contributed by atoms with Gasteiger partial charge in [0, 0.05) is 36.3 Å². The van der Waals surface area contributed by atoms with E-state index >= 15 is 0 Å². The zero-order chi connectivity index (χ0) is 28.3. The van der Waals surface area contributed by atoms with E-state index in [4.69, 9.17) is 28.3 Å². The van der Waals surface area contributed by atoms with E-state index in [9.17, 15) is 9.59 Å². The van der Waals surface area contributed by atoms with Crippen LogP contribution in [0.5, 0.6) is 0 Å². The van der Waals surface area contributed by atoms with Gasteiger partial charge >= 0.3 is 0 Å². The Balaban J connectivity index is 1.28. The summed E-state index contributed by atoms with van der Waals surface area (Å²) in [7, 11) is 0. The molecule has 2 aliphatic heterocycles. The number of carbonyl (C=O) groups excluding carboxylic acids is 2. The minimum Gasteiger partial charge on any atom is -0.331 e. The number of hydrogen-bond donors (Lipinski definition) is 0. The smallest absolute Gasteiger partial charge is 0.273 e. The van der Waals surface area contributed by atoms with Crippen LogP contribution >= 0.6 is 23.2 Å². The molecule has 3 atom stereocenters. The van der Waals surface area contributed by atoms with Crippen LogP contribution in [-0.4, -0.2) is 63.7 Å². The van der Waals surface area contributed by atoms with Crippen molar-refractivity contribution in [2.75, 3.05) is 6.54 Å². The number of aryl methyl sites for hydroxylation is 1. The molecule has 0 bridgehead atoms. The lowest BCUT2D eigenvalue weighted by atomic mass is 9.96. The average Bonchev–Trinajstić information content (AvgIpc) is 3.54. The molecule has 2 aliphatic rings. The zero-order valence-corrected chi connectivity index (χ0v) is 24.1. The molecule has 0 N–H and O–H groups in total. The fraction of sp³-hybridized carbons (Fsp3) is 0.357. The van der Waals surface area contributed by atoms with E-state index in [-0.39, 0.29) is 29.9 Å². The molecule has 0 aliphatic carbocycles. The van der Waals surface area contributed by atoms with Gasteiger partial charge in [0.05, 0.1) is 34.4 Å². The Morgan fingerprint density at radius 3 is 2.55 bits per heavy atom. The number of amides is 2.